The summed E-state index contributed by atoms with van der Waals surface area (Å²) in [5, 5.41) is 16.8. The van der Waals surface area contributed by atoms with Crippen molar-refractivity contribution in [1.82, 2.24) is 9.13 Å². The van der Waals surface area contributed by atoms with Crippen molar-refractivity contribution < 1.29 is 4.42 Å². The van der Waals surface area contributed by atoms with Crippen molar-refractivity contribution in [3.63, 3.8) is 0 Å². The summed E-state index contributed by atoms with van der Waals surface area (Å²) in [6.07, 6.45) is 0. The largest absolute Gasteiger partial charge is 0.455 e. The number of nitrogens with zero attached hydrogens (tertiary/aromatic N) is 2. The molecule has 0 saturated heterocycles. The van der Waals surface area contributed by atoms with Crippen LogP contribution in [0.1, 0.15) is 0 Å². The minimum Gasteiger partial charge on any atom is -0.455 e. The van der Waals surface area contributed by atoms with Crippen molar-refractivity contribution in [3.05, 3.63) is 279 Å². The molecule has 0 radical (unpaired) electrons. The molecule has 0 saturated carbocycles. The van der Waals surface area contributed by atoms with E-state index in [0.29, 0.717) is 0 Å². The van der Waals surface area contributed by atoms with Gasteiger partial charge in [-0.1, -0.05) is 224 Å². The Morgan fingerprint density at radius 1 is 0.203 bits per heavy atom. The van der Waals surface area contributed by atoms with Crippen LogP contribution in [0, 0.1) is 0 Å². The molecule has 0 atom stereocenters. The normalized spacial score (nSPS) is 12.1. The second kappa shape index (κ2) is 17.0. The standard InChI is InChI=1S/C76H46N2O/c1-3-23-47(24-4-1)77-64-42-17-15-35-57(64)73-59(37-20-44-66(73)77)69-49-27-7-9-29-51(49)71(52-30-10-8-28-50(52)69)61-39-22-46-68-75(61)63-41-19-40-62(76(63)79-68)72-55-33-13-11-31-53(55)70(54-32-12-14-34-56(54)72)60-38-21-45-67-74(60)58-36-16-18-43-65(58)78(67)48-25-5-2-6-26-48/h1-46H. The van der Waals surface area contributed by atoms with Gasteiger partial charge in [0.25, 0.3) is 0 Å². The molecule has 0 unspecified atom stereocenters. The monoisotopic (exact) mass is 1000 g/mol. The van der Waals surface area contributed by atoms with Gasteiger partial charge in [0.05, 0.1) is 22.1 Å². The van der Waals surface area contributed by atoms with E-state index in [-0.39, 0.29) is 0 Å². The summed E-state index contributed by atoms with van der Waals surface area (Å²) < 4.78 is 12.1. The number of hydrogen-bond acceptors (Lipinski definition) is 1. The van der Waals surface area contributed by atoms with E-state index in [0.717, 1.165) is 44.4 Å². The van der Waals surface area contributed by atoms with Gasteiger partial charge in [-0.2, -0.15) is 0 Å². The molecule has 0 bridgehead atoms. The van der Waals surface area contributed by atoms with Gasteiger partial charge in [-0.3, -0.25) is 0 Å². The highest BCUT2D eigenvalue weighted by Gasteiger charge is 2.26. The van der Waals surface area contributed by atoms with Crippen LogP contribution in [0.2, 0.25) is 0 Å². The van der Waals surface area contributed by atoms with E-state index in [1.54, 1.807) is 0 Å². The minimum atomic E-state index is 0.863. The Morgan fingerprint density at radius 2 is 0.494 bits per heavy atom. The van der Waals surface area contributed by atoms with Crippen molar-refractivity contribution in [2.75, 3.05) is 0 Å². The van der Waals surface area contributed by atoms with Gasteiger partial charge in [0.1, 0.15) is 11.2 Å². The van der Waals surface area contributed by atoms with Crippen LogP contribution in [0.25, 0.3) is 165 Å². The Hall–Kier alpha value is -10.5. The molecule has 3 heteroatoms. The predicted molar refractivity (Wildman–Crippen MR) is 334 cm³/mol. The lowest BCUT2D eigenvalue weighted by Crippen LogP contribution is -1.94. The van der Waals surface area contributed by atoms with Crippen LogP contribution in [-0.4, -0.2) is 9.13 Å². The molecule has 3 heterocycles. The molecular formula is C76H46N2O. The summed E-state index contributed by atoms with van der Waals surface area (Å²) in [4.78, 5) is 0. The molecule has 14 aromatic carbocycles. The van der Waals surface area contributed by atoms with Gasteiger partial charge in [0.15, 0.2) is 0 Å². The van der Waals surface area contributed by atoms with E-state index >= 15 is 0 Å². The Morgan fingerprint density at radius 3 is 0.911 bits per heavy atom. The van der Waals surface area contributed by atoms with E-state index < -0.39 is 0 Å². The van der Waals surface area contributed by atoms with Crippen molar-refractivity contribution in [3.8, 4) is 55.9 Å². The lowest BCUT2D eigenvalue weighted by atomic mass is 9.83. The SMILES string of the molecule is c1ccc(-n2c3ccccc3c3c(-c4c5ccccc5c(-c5cccc6c5oc5cccc(-c7c8ccccc8c(-c8cccc9c8c8ccccc8n9-c8ccccc8)c8ccccc78)c56)c5ccccc45)cccc32)cc1. The fraction of sp³-hybridized carbons (Fsp3) is 0. The van der Waals surface area contributed by atoms with E-state index in [1.165, 1.54) is 120 Å². The zero-order chi connectivity index (χ0) is 51.7. The first-order valence-electron chi connectivity index (χ1n) is 27.3. The van der Waals surface area contributed by atoms with E-state index in [9.17, 15) is 0 Å². The van der Waals surface area contributed by atoms with Crippen LogP contribution in [0.15, 0.2) is 283 Å². The van der Waals surface area contributed by atoms with E-state index in [1.807, 2.05) is 0 Å². The molecular weight excluding hydrogens is 957 g/mol. The molecule has 0 N–H and O–H groups in total. The summed E-state index contributed by atoms with van der Waals surface area (Å²) in [5.41, 5.74) is 18.3. The second-order valence-corrected chi connectivity index (χ2v) is 20.9. The Kier molecular flexibility index (Phi) is 9.42. The van der Waals surface area contributed by atoms with Gasteiger partial charge in [-0.05, 0) is 131 Å². The highest BCUT2D eigenvalue weighted by Crippen LogP contribution is 2.52. The van der Waals surface area contributed by atoms with Gasteiger partial charge < -0.3 is 13.6 Å². The first-order valence-corrected chi connectivity index (χ1v) is 27.3. The molecule has 366 valence electrons. The third kappa shape index (κ3) is 6.24. The van der Waals surface area contributed by atoms with Crippen molar-refractivity contribution in [1.29, 1.82) is 0 Å². The highest BCUT2D eigenvalue weighted by molar-refractivity contribution is 6.31. The van der Waals surface area contributed by atoms with Crippen molar-refractivity contribution >= 4 is 109 Å². The summed E-state index contributed by atoms with van der Waals surface area (Å²) in [6.45, 7) is 0. The van der Waals surface area contributed by atoms with Gasteiger partial charge in [-0.25, -0.2) is 0 Å². The zero-order valence-corrected chi connectivity index (χ0v) is 42.9. The number of rotatable bonds is 6. The lowest BCUT2D eigenvalue weighted by molar-refractivity contribution is 0.670. The first-order chi connectivity index (χ1) is 39.3. The van der Waals surface area contributed by atoms with Crippen LogP contribution in [0.4, 0.5) is 0 Å². The quantitative estimate of drug-likeness (QED) is 0.152. The molecule has 79 heavy (non-hydrogen) atoms. The third-order valence-corrected chi connectivity index (χ3v) is 16.9. The van der Waals surface area contributed by atoms with E-state index in [4.69, 9.17) is 4.42 Å². The molecule has 0 fully saturated rings. The number of furan rings is 1. The molecule has 0 aliphatic rings. The van der Waals surface area contributed by atoms with Crippen molar-refractivity contribution in [2.45, 2.75) is 0 Å². The molecule has 17 aromatic rings. The van der Waals surface area contributed by atoms with Gasteiger partial charge in [0, 0.05) is 54.8 Å². The maximum atomic E-state index is 7.30. The summed E-state index contributed by atoms with van der Waals surface area (Å²) in [6, 6.07) is 102. The van der Waals surface area contributed by atoms with Gasteiger partial charge in [-0.15, -0.1) is 0 Å². The van der Waals surface area contributed by atoms with E-state index in [2.05, 4.69) is 288 Å². The molecule has 0 amide bonds. The number of benzene rings is 14. The summed E-state index contributed by atoms with van der Waals surface area (Å²) >= 11 is 0. The van der Waals surface area contributed by atoms with Crippen LogP contribution >= 0.6 is 0 Å². The average molecular weight is 1000 g/mol. The fourth-order valence-corrected chi connectivity index (χ4v) is 13.8. The Labute approximate surface area is 454 Å². The van der Waals surface area contributed by atoms with Gasteiger partial charge in [0.2, 0.25) is 0 Å². The maximum absolute atomic E-state index is 7.30. The number of fused-ring (bicyclic) bond motifs is 13. The molecule has 0 aliphatic heterocycles. The number of para-hydroxylation sites is 5. The fourth-order valence-electron chi connectivity index (χ4n) is 13.8. The zero-order valence-electron chi connectivity index (χ0n) is 42.9. The molecule has 3 aromatic heterocycles. The Bertz CT molecular complexity index is 5250. The Balaban J connectivity index is 0.909. The molecule has 17 rings (SSSR count). The van der Waals surface area contributed by atoms with Crippen LogP contribution in [0.3, 0.4) is 0 Å². The van der Waals surface area contributed by atoms with Crippen LogP contribution < -0.4 is 0 Å². The smallest absolute Gasteiger partial charge is 0.143 e. The second-order valence-electron chi connectivity index (χ2n) is 20.9. The first kappa shape index (κ1) is 43.7. The van der Waals surface area contributed by atoms with Gasteiger partial charge >= 0.3 is 0 Å². The van der Waals surface area contributed by atoms with Crippen LogP contribution in [0.5, 0.6) is 0 Å². The summed E-state index contributed by atoms with van der Waals surface area (Å²) in [7, 11) is 0. The third-order valence-electron chi connectivity index (χ3n) is 16.9. The highest BCUT2D eigenvalue weighted by atomic mass is 16.3. The molecule has 0 aliphatic carbocycles. The average Bonchev–Trinajstić information content (AvgIpc) is 4.23. The lowest BCUT2D eigenvalue weighted by Gasteiger charge is -2.19. The summed E-state index contributed by atoms with van der Waals surface area (Å²) in [5.74, 6) is 0. The minimum absolute atomic E-state index is 0.863. The topological polar surface area (TPSA) is 23.0 Å². The maximum Gasteiger partial charge on any atom is 0.143 e. The molecule has 0 spiro atoms. The number of hydrogen-bond donors (Lipinski definition) is 0. The predicted octanol–water partition coefficient (Wildman–Crippen LogP) is 21.1. The molecule has 3 nitrogen and oxygen atoms in total. The van der Waals surface area contributed by atoms with Crippen molar-refractivity contribution in [2.24, 2.45) is 0 Å². The van der Waals surface area contributed by atoms with Crippen LogP contribution in [-0.2, 0) is 0 Å². The number of aromatic nitrogens is 2.